The summed E-state index contributed by atoms with van der Waals surface area (Å²) in [5.74, 6) is 1.12. The van der Waals surface area contributed by atoms with Gasteiger partial charge in [-0.05, 0) is 24.3 Å². The van der Waals surface area contributed by atoms with Crippen molar-refractivity contribution < 1.29 is 0 Å². The first-order chi connectivity index (χ1) is 14.8. The van der Waals surface area contributed by atoms with Gasteiger partial charge in [0.25, 0.3) is 0 Å². The lowest BCUT2D eigenvalue weighted by molar-refractivity contribution is 0.300. The number of unbranched alkanes of at least 4 members (excludes halogenated alkanes) is 11. The van der Waals surface area contributed by atoms with Crippen molar-refractivity contribution >= 4 is 12.4 Å². The summed E-state index contributed by atoms with van der Waals surface area (Å²) in [4.78, 5) is 9.18. The maximum atomic E-state index is 4.59. The van der Waals surface area contributed by atoms with E-state index in [0.717, 1.165) is 12.6 Å². The van der Waals surface area contributed by atoms with Gasteiger partial charge < -0.3 is 0 Å². The summed E-state index contributed by atoms with van der Waals surface area (Å²) in [7, 11) is 0. The molecule has 166 valence electrons. The molecular formula is C28H45N2+. The first-order valence-electron chi connectivity index (χ1n) is 12.8. The molecule has 1 aromatic rings. The Morgan fingerprint density at radius 1 is 0.700 bits per heavy atom. The highest BCUT2D eigenvalue weighted by atomic mass is 15.0. The van der Waals surface area contributed by atoms with Crippen molar-refractivity contribution in [2.24, 2.45) is 21.8 Å². The molecule has 2 unspecified atom stereocenters. The van der Waals surface area contributed by atoms with E-state index in [-0.39, 0.29) is 0 Å². The highest BCUT2D eigenvalue weighted by molar-refractivity contribution is 6.18. The minimum Gasteiger partial charge on any atom is -0.0965 e. The average molecular weight is 410 g/mol. The predicted molar refractivity (Wildman–Crippen MR) is 133 cm³/mol. The van der Waals surface area contributed by atoms with E-state index in [1.54, 1.807) is 0 Å². The third kappa shape index (κ3) is 9.96. The van der Waals surface area contributed by atoms with Crippen molar-refractivity contribution in [1.82, 2.24) is 0 Å². The Hall–Kier alpha value is -1.57. The first-order valence-corrected chi connectivity index (χ1v) is 12.8. The summed E-state index contributed by atoms with van der Waals surface area (Å²) >= 11 is 0. The van der Waals surface area contributed by atoms with Gasteiger partial charge in [-0.3, -0.25) is 0 Å². The largest absolute Gasteiger partial charge is 0.244 e. The van der Waals surface area contributed by atoms with Crippen LogP contribution >= 0.6 is 0 Å². The quantitative estimate of drug-likeness (QED) is 0.171. The summed E-state index contributed by atoms with van der Waals surface area (Å²) in [6.07, 6.45) is 25.2. The molecule has 2 nitrogen and oxygen atoms in total. The summed E-state index contributed by atoms with van der Waals surface area (Å²) in [6, 6.07) is 10.9. The Balaban J connectivity index is 1.64. The van der Waals surface area contributed by atoms with Crippen LogP contribution in [0.4, 0.5) is 0 Å². The van der Waals surface area contributed by atoms with Crippen LogP contribution in [0, 0.1) is 18.0 Å². The Bertz CT molecular complexity index is 566. The average Bonchev–Trinajstić information content (AvgIpc) is 3.31. The van der Waals surface area contributed by atoms with Crippen LogP contribution in [-0.4, -0.2) is 12.4 Å². The highest BCUT2D eigenvalue weighted by Gasteiger charge is 2.34. The van der Waals surface area contributed by atoms with E-state index < -0.39 is 0 Å². The van der Waals surface area contributed by atoms with Crippen molar-refractivity contribution in [2.45, 2.75) is 110 Å². The molecule has 30 heavy (non-hydrogen) atoms. The molecule has 2 atom stereocenters. The number of hydrogen-bond acceptors (Lipinski definition) is 2. The number of rotatable bonds is 18. The summed E-state index contributed by atoms with van der Waals surface area (Å²) in [6.45, 7) is 4.62. The van der Waals surface area contributed by atoms with Crippen LogP contribution in [0.15, 0.2) is 40.3 Å². The molecule has 0 saturated carbocycles. The Morgan fingerprint density at radius 3 is 1.77 bits per heavy atom. The molecule has 0 aliphatic carbocycles. The Morgan fingerprint density at radius 2 is 1.23 bits per heavy atom. The van der Waals surface area contributed by atoms with Gasteiger partial charge in [0.05, 0.1) is 5.92 Å². The van der Waals surface area contributed by atoms with Crippen LogP contribution in [0.2, 0.25) is 0 Å². The van der Waals surface area contributed by atoms with Gasteiger partial charge in [0, 0.05) is 0 Å². The Labute approximate surface area is 186 Å². The Kier molecular flexibility index (Phi) is 13.3. The lowest BCUT2D eigenvalue weighted by Crippen LogP contribution is -2.21. The van der Waals surface area contributed by atoms with E-state index in [1.165, 1.54) is 95.5 Å². The molecule has 0 spiro atoms. The van der Waals surface area contributed by atoms with Crippen molar-refractivity contribution in [2.75, 3.05) is 0 Å². The SMILES string of the molecule is CCCCCCCCCCCCCCC([C+]1N=CC=N1)C(CC)Cc1ccccc1. The lowest BCUT2D eigenvalue weighted by Gasteiger charge is -2.24. The van der Waals surface area contributed by atoms with Crippen molar-refractivity contribution in [3.05, 3.63) is 42.1 Å². The number of hydrogen-bond donors (Lipinski definition) is 0. The van der Waals surface area contributed by atoms with E-state index in [2.05, 4.69) is 54.2 Å². The molecule has 0 aromatic heterocycles. The zero-order valence-corrected chi connectivity index (χ0v) is 19.7. The van der Waals surface area contributed by atoms with Crippen LogP contribution in [0.3, 0.4) is 0 Å². The maximum absolute atomic E-state index is 4.59. The molecule has 0 N–H and O–H groups in total. The smallest absolute Gasteiger partial charge is 0.0965 e. The lowest BCUT2D eigenvalue weighted by atomic mass is 9.80. The van der Waals surface area contributed by atoms with Gasteiger partial charge in [-0.2, -0.15) is 0 Å². The van der Waals surface area contributed by atoms with Crippen molar-refractivity contribution in [3.63, 3.8) is 0 Å². The highest BCUT2D eigenvalue weighted by Crippen LogP contribution is 2.35. The molecule has 0 bridgehead atoms. The van der Waals surface area contributed by atoms with E-state index in [9.17, 15) is 0 Å². The molecule has 0 saturated heterocycles. The van der Waals surface area contributed by atoms with Gasteiger partial charge in [-0.25, -0.2) is 0 Å². The van der Waals surface area contributed by atoms with Crippen LogP contribution in [0.1, 0.15) is 109 Å². The number of nitrogens with zero attached hydrogens (tertiary/aromatic N) is 2. The molecule has 2 rings (SSSR count). The van der Waals surface area contributed by atoms with Crippen molar-refractivity contribution in [1.29, 1.82) is 0 Å². The van der Waals surface area contributed by atoms with Crippen LogP contribution in [-0.2, 0) is 6.42 Å². The van der Waals surface area contributed by atoms with Gasteiger partial charge >= 0.3 is 0 Å². The number of aliphatic imine (C=N–C) groups is 2. The summed E-state index contributed by atoms with van der Waals surface area (Å²) in [5.41, 5.74) is 1.44. The van der Waals surface area contributed by atoms with Gasteiger partial charge in [0.1, 0.15) is 0 Å². The number of benzene rings is 1. The fourth-order valence-corrected chi connectivity index (χ4v) is 4.71. The zero-order chi connectivity index (χ0) is 21.3. The van der Waals surface area contributed by atoms with Gasteiger partial charge in [0.2, 0.25) is 6.17 Å². The topological polar surface area (TPSA) is 24.7 Å². The van der Waals surface area contributed by atoms with Gasteiger partial charge in [0.15, 0.2) is 12.4 Å². The van der Waals surface area contributed by atoms with E-state index in [0.29, 0.717) is 11.8 Å². The van der Waals surface area contributed by atoms with Crippen LogP contribution in [0.25, 0.3) is 0 Å². The van der Waals surface area contributed by atoms with E-state index in [1.807, 2.05) is 12.4 Å². The molecule has 1 aliphatic rings. The maximum Gasteiger partial charge on any atom is 0.244 e. The van der Waals surface area contributed by atoms with Crippen molar-refractivity contribution in [3.8, 4) is 0 Å². The second-order valence-electron chi connectivity index (χ2n) is 9.06. The van der Waals surface area contributed by atoms with E-state index in [4.69, 9.17) is 0 Å². The monoisotopic (exact) mass is 409 g/mol. The molecule has 1 heterocycles. The van der Waals surface area contributed by atoms with Gasteiger partial charge in [-0.15, -0.1) is 0 Å². The molecule has 0 radical (unpaired) electrons. The fraction of sp³-hybridized carbons (Fsp3) is 0.679. The molecule has 0 amide bonds. The fourth-order valence-electron chi connectivity index (χ4n) is 4.71. The normalized spacial score (nSPS) is 15.1. The predicted octanol–water partition coefficient (Wildman–Crippen LogP) is 8.61. The third-order valence-corrected chi connectivity index (χ3v) is 6.61. The van der Waals surface area contributed by atoms with Gasteiger partial charge in [-0.1, -0.05) is 138 Å². The minimum absolute atomic E-state index is 0.494. The zero-order valence-electron chi connectivity index (χ0n) is 19.7. The second-order valence-corrected chi connectivity index (χ2v) is 9.06. The molecule has 1 aromatic carbocycles. The second kappa shape index (κ2) is 16.2. The minimum atomic E-state index is 0.494. The molecule has 0 fully saturated rings. The first kappa shape index (κ1) is 24.7. The van der Waals surface area contributed by atoms with Crippen LogP contribution in [0.5, 0.6) is 0 Å². The molecule has 2 heteroatoms. The van der Waals surface area contributed by atoms with Crippen LogP contribution < -0.4 is 0 Å². The standard InChI is InChI=1S/C28H45N2/c1-3-5-6-7-8-9-10-11-12-13-14-18-21-27(28-29-22-23-30-28)26(4-2)24-25-19-16-15-17-20-25/h15-17,19-20,22-23,26-27H,3-14,18,21,24H2,1-2H3/q+1. The van der Waals surface area contributed by atoms with E-state index >= 15 is 0 Å². The third-order valence-electron chi connectivity index (χ3n) is 6.61. The summed E-state index contributed by atoms with van der Waals surface area (Å²) in [5, 5.41) is 0. The molecule has 1 aliphatic heterocycles. The summed E-state index contributed by atoms with van der Waals surface area (Å²) < 4.78 is 0. The molecular weight excluding hydrogens is 364 g/mol.